The standard InChI is InChI=1S/C16H19NO5/c1-9-12-8-11(20-5)6-7-13(12)22-14(9)16(19)21-10(2)15(18)17(3)4/h6-8,10H,1-5H3/t10-/m0/s1. The Kier molecular flexibility index (Phi) is 4.40. The summed E-state index contributed by atoms with van der Waals surface area (Å²) in [6.07, 6.45) is -0.871. The molecule has 1 amide bonds. The minimum Gasteiger partial charge on any atom is -0.497 e. The third kappa shape index (κ3) is 2.90. The number of rotatable bonds is 4. The van der Waals surface area contributed by atoms with Crippen LogP contribution in [0.3, 0.4) is 0 Å². The topological polar surface area (TPSA) is 69.0 Å². The van der Waals surface area contributed by atoms with E-state index in [9.17, 15) is 9.59 Å². The number of hydrogen-bond acceptors (Lipinski definition) is 5. The number of fused-ring (bicyclic) bond motifs is 1. The molecule has 1 aromatic carbocycles. The van der Waals surface area contributed by atoms with E-state index in [2.05, 4.69) is 0 Å². The van der Waals surface area contributed by atoms with Crippen LogP contribution >= 0.6 is 0 Å². The summed E-state index contributed by atoms with van der Waals surface area (Å²) in [4.78, 5) is 25.3. The number of hydrogen-bond donors (Lipinski definition) is 0. The summed E-state index contributed by atoms with van der Waals surface area (Å²) in [5.41, 5.74) is 1.22. The zero-order valence-corrected chi connectivity index (χ0v) is 13.3. The molecule has 2 aromatic rings. The maximum absolute atomic E-state index is 12.2. The number of furan rings is 1. The van der Waals surface area contributed by atoms with Crippen LogP contribution in [0.15, 0.2) is 22.6 Å². The molecule has 0 spiro atoms. The second-order valence-electron chi connectivity index (χ2n) is 5.20. The molecule has 0 saturated heterocycles. The molecule has 0 aliphatic heterocycles. The summed E-state index contributed by atoms with van der Waals surface area (Å²) in [5.74, 6) is -0.173. The lowest BCUT2D eigenvalue weighted by Gasteiger charge is -2.16. The van der Waals surface area contributed by atoms with Gasteiger partial charge >= 0.3 is 5.97 Å². The van der Waals surface area contributed by atoms with Gasteiger partial charge in [-0.15, -0.1) is 0 Å². The maximum Gasteiger partial charge on any atom is 0.375 e. The average molecular weight is 305 g/mol. The highest BCUT2D eigenvalue weighted by Crippen LogP contribution is 2.29. The van der Waals surface area contributed by atoms with Gasteiger partial charge in [-0.1, -0.05) is 0 Å². The van der Waals surface area contributed by atoms with E-state index in [0.717, 1.165) is 5.39 Å². The lowest BCUT2D eigenvalue weighted by molar-refractivity contribution is -0.137. The molecule has 0 radical (unpaired) electrons. The van der Waals surface area contributed by atoms with Crippen molar-refractivity contribution in [1.29, 1.82) is 0 Å². The SMILES string of the molecule is COc1ccc2oc(C(=O)O[C@@H](C)C(=O)N(C)C)c(C)c2c1. The number of methoxy groups -OCH3 is 1. The minimum atomic E-state index is -0.871. The van der Waals surface area contributed by atoms with Crippen LogP contribution in [-0.2, 0) is 9.53 Å². The minimum absolute atomic E-state index is 0.0988. The van der Waals surface area contributed by atoms with Crippen molar-refractivity contribution < 1.29 is 23.5 Å². The molecule has 0 aliphatic rings. The van der Waals surface area contributed by atoms with Crippen LogP contribution in [0, 0.1) is 6.92 Å². The van der Waals surface area contributed by atoms with Crippen LogP contribution in [0.4, 0.5) is 0 Å². The van der Waals surface area contributed by atoms with Crippen LogP contribution in [0.25, 0.3) is 11.0 Å². The smallest absolute Gasteiger partial charge is 0.375 e. The third-order valence-electron chi connectivity index (χ3n) is 3.40. The van der Waals surface area contributed by atoms with Crippen molar-refractivity contribution in [3.63, 3.8) is 0 Å². The number of carbonyl (C=O) groups is 2. The Morgan fingerprint density at radius 3 is 2.55 bits per heavy atom. The third-order valence-corrected chi connectivity index (χ3v) is 3.40. The predicted octanol–water partition coefficient (Wildman–Crippen LogP) is 2.38. The van der Waals surface area contributed by atoms with Crippen LogP contribution in [-0.4, -0.2) is 44.1 Å². The van der Waals surface area contributed by atoms with Crippen molar-refractivity contribution in [3.8, 4) is 5.75 Å². The first-order valence-electron chi connectivity index (χ1n) is 6.84. The zero-order valence-electron chi connectivity index (χ0n) is 13.3. The van der Waals surface area contributed by atoms with Crippen LogP contribution in [0.5, 0.6) is 5.75 Å². The average Bonchev–Trinajstić information content (AvgIpc) is 2.82. The Hall–Kier alpha value is -2.50. The van der Waals surface area contributed by atoms with Gasteiger partial charge < -0.3 is 18.8 Å². The number of likely N-dealkylation sites (N-methyl/N-ethyl adjacent to an activating group) is 1. The number of ether oxygens (including phenoxy) is 2. The lowest BCUT2D eigenvalue weighted by Crippen LogP contribution is -2.34. The van der Waals surface area contributed by atoms with Gasteiger partial charge in [0.2, 0.25) is 5.76 Å². The molecule has 0 unspecified atom stereocenters. The summed E-state index contributed by atoms with van der Waals surface area (Å²) in [7, 11) is 4.77. The Labute approximate surface area is 128 Å². The fraction of sp³-hybridized carbons (Fsp3) is 0.375. The van der Waals surface area contributed by atoms with E-state index in [1.165, 1.54) is 11.8 Å². The first-order chi connectivity index (χ1) is 10.3. The van der Waals surface area contributed by atoms with Gasteiger partial charge in [0.1, 0.15) is 11.3 Å². The monoisotopic (exact) mass is 305 g/mol. The Morgan fingerprint density at radius 1 is 1.27 bits per heavy atom. The van der Waals surface area contributed by atoms with Gasteiger partial charge in [-0.05, 0) is 32.0 Å². The highest BCUT2D eigenvalue weighted by Gasteiger charge is 2.25. The number of amides is 1. The molecule has 0 N–H and O–H groups in total. The number of aryl methyl sites for hydroxylation is 1. The molecule has 2 rings (SSSR count). The van der Waals surface area contributed by atoms with E-state index >= 15 is 0 Å². The summed E-state index contributed by atoms with van der Waals surface area (Å²) in [6.45, 7) is 3.29. The van der Waals surface area contributed by atoms with Crippen molar-refractivity contribution in [2.45, 2.75) is 20.0 Å². The largest absolute Gasteiger partial charge is 0.497 e. The normalized spacial score (nSPS) is 12.0. The molecule has 118 valence electrons. The Balaban J connectivity index is 2.29. The van der Waals surface area contributed by atoms with E-state index in [0.29, 0.717) is 16.9 Å². The molecular weight excluding hydrogens is 286 g/mol. The van der Waals surface area contributed by atoms with Crippen LogP contribution in [0.1, 0.15) is 23.0 Å². The van der Waals surface area contributed by atoms with Gasteiger partial charge in [-0.25, -0.2) is 4.79 Å². The fourth-order valence-electron chi connectivity index (χ4n) is 2.15. The molecule has 6 nitrogen and oxygen atoms in total. The number of carbonyl (C=O) groups excluding carboxylic acids is 2. The molecule has 1 aromatic heterocycles. The fourth-order valence-corrected chi connectivity index (χ4v) is 2.15. The Morgan fingerprint density at radius 2 is 1.95 bits per heavy atom. The van der Waals surface area contributed by atoms with E-state index in [1.54, 1.807) is 46.3 Å². The van der Waals surface area contributed by atoms with Gasteiger partial charge in [0.05, 0.1) is 7.11 Å². The molecule has 1 atom stereocenters. The van der Waals surface area contributed by atoms with Crippen molar-refractivity contribution >= 4 is 22.8 Å². The van der Waals surface area contributed by atoms with Crippen LogP contribution < -0.4 is 4.74 Å². The Bertz CT molecular complexity index is 717. The van der Waals surface area contributed by atoms with Crippen molar-refractivity contribution in [2.75, 3.05) is 21.2 Å². The molecule has 0 bridgehead atoms. The number of nitrogens with zero attached hydrogens (tertiary/aromatic N) is 1. The van der Waals surface area contributed by atoms with Crippen molar-refractivity contribution in [2.24, 2.45) is 0 Å². The highest BCUT2D eigenvalue weighted by molar-refractivity contribution is 5.97. The molecule has 0 saturated carbocycles. The molecule has 1 heterocycles. The van der Waals surface area contributed by atoms with E-state index in [1.807, 2.05) is 0 Å². The van der Waals surface area contributed by atoms with Gasteiger partial charge in [-0.3, -0.25) is 4.79 Å². The molecule has 0 fully saturated rings. The molecule has 0 aliphatic carbocycles. The summed E-state index contributed by atoms with van der Waals surface area (Å²) in [5, 5.41) is 0.776. The lowest BCUT2D eigenvalue weighted by atomic mass is 10.1. The first-order valence-corrected chi connectivity index (χ1v) is 6.84. The van der Waals surface area contributed by atoms with Crippen LogP contribution in [0.2, 0.25) is 0 Å². The molecule has 22 heavy (non-hydrogen) atoms. The predicted molar refractivity (Wildman–Crippen MR) is 81.1 cm³/mol. The quantitative estimate of drug-likeness (QED) is 0.811. The van der Waals surface area contributed by atoms with E-state index in [4.69, 9.17) is 13.9 Å². The number of benzene rings is 1. The molecule has 6 heteroatoms. The van der Waals surface area contributed by atoms with Crippen molar-refractivity contribution in [3.05, 3.63) is 29.5 Å². The van der Waals surface area contributed by atoms with Gasteiger partial charge in [0, 0.05) is 25.0 Å². The van der Waals surface area contributed by atoms with Gasteiger partial charge in [0.15, 0.2) is 6.10 Å². The molecular formula is C16H19NO5. The van der Waals surface area contributed by atoms with E-state index < -0.39 is 12.1 Å². The summed E-state index contributed by atoms with van der Waals surface area (Å²) >= 11 is 0. The second kappa shape index (κ2) is 6.09. The van der Waals surface area contributed by atoms with Crippen molar-refractivity contribution in [1.82, 2.24) is 4.90 Å². The zero-order chi connectivity index (χ0) is 16.4. The first kappa shape index (κ1) is 15.9. The van der Waals surface area contributed by atoms with Gasteiger partial charge in [-0.2, -0.15) is 0 Å². The summed E-state index contributed by atoms with van der Waals surface area (Å²) in [6, 6.07) is 5.27. The second-order valence-corrected chi connectivity index (χ2v) is 5.20. The summed E-state index contributed by atoms with van der Waals surface area (Å²) < 4.78 is 15.9. The van der Waals surface area contributed by atoms with Gasteiger partial charge in [0.25, 0.3) is 5.91 Å². The number of esters is 1. The highest BCUT2D eigenvalue weighted by atomic mass is 16.6. The maximum atomic E-state index is 12.2. The van der Waals surface area contributed by atoms with E-state index in [-0.39, 0.29) is 11.7 Å².